The Morgan fingerprint density at radius 3 is 2.47 bits per heavy atom. The highest BCUT2D eigenvalue weighted by Gasteiger charge is 2.16. The monoisotopic (exact) mass is 478 g/mol. The van der Waals surface area contributed by atoms with Crippen molar-refractivity contribution in [2.45, 2.75) is 23.5 Å². The number of primary sulfonamides is 1. The number of nitrogens with one attached hydrogen (secondary N) is 2. The fourth-order valence-electron chi connectivity index (χ4n) is 2.78. The predicted molar refractivity (Wildman–Crippen MR) is 116 cm³/mol. The summed E-state index contributed by atoms with van der Waals surface area (Å²) in [6.07, 6.45) is 0. The fraction of sp³-hybridized carbons (Fsp3) is 0.167. The van der Waals surface area contributed by atoms with Crippen molar-refractivity contribution in [2.75, 3.05) is 5.75 Å². The number of hydrogen-bond acceptors (Lipinski definition) is 8. The van der Waals surface area contributed by atoms with Crippen LogP contribution in [0.4, 0.5) is 5.69 Å². The zero-order chi connectivity index (χ0) is 23.5. The first-order valence-electron chi connectivity index (χ1n) is 9.09. The average molecular weight is 479 g/mol. The molecule has 0 saturated heterocycles. The van der Waals surface area contributed by atoms with Crippen molar-refractivity contribution in [3.8, 4) is 0 Å². The van der Waals surface area contributed by atoms with Crippen molar-refractivity contribution in [1.29, 1.82) is 0 Å². The first-order chi connectivity index (χ1) is 15.1. The number of carbonyl (C=O) groups excluding carboxylic acids is 2. The number of imidazole rings is 1. The highest BCUT2D eigenvalue weighted by Crippen LogP contribution is 2.25. The molecular weight excluding hydrogens is 460 g/mol. The third-order valence-corrected chi connectivity index (χ3v) is 6.20. The number of nitro groups is 1. The molecule has 0 aliphatic heterocycles. The molecule has 0 aliphatic carbocycles. The van der Waals surface area contributed by atoms with E-state index in [0.717, 1.165) is 11.8 Å². The minimum absolute atomic E-state index is 0.0611. The summed E-state index contributed by atoms with van der Waals surface area (Å²) >= 11 is 1.10. The second kappa shape index (κ2) is 9.33. The number of amides is 2. The highest BCUT2D eigenvalue weighted by molar-refractivity contribution is 7.99. The number of aromatic nitrogens is 2. The Labute approximate surface area is 186 Å². The number of nitro benzene ring substituents is 1. The summed E-state index contributed by atoms with van der Waals surface area (Å²) in [5.74, 6) is -1.22. The molecule has 0 saturated carbocycles. The fourth-order valence-corrected chi connectivity index (χ4v) is 4.19. The molecule has 168 valence electrons. The van der Waals surface area contributed by atoms with Gasteiger partial charge in [0.25, 0.3) is 11.6 Å². The number of rotatable bonds is 7. The van der Waals surface area contributed by atoms with Crippen molar-refractivity contribution < 1.29 is 22.9 Å². The molecule has 4 N–H and O–H groups in total. The average Bonchev–Trinajstić information content (AvgIpc) is 3.12. The van der Waals surface area contributed by atoms with Crippen molar-refractivity contribution in [2.24, 2.45) is 5.14 Å². The summed E-state index contributed by atoms with van der Waals surface area (Å²) in [6, 6.07) is 9.26. The van der Waals surface area contributed by atoms with Crippen LogP contribution in [-0.2, 0) is 21.4 Å². The first-order valence-corrected chi connectivity index (χ1v) is 11.6. The van der Waals surface area contributed by atoms with Crippen LogP contribution in [0.5, 0.6) is 0 Å². The lowest BCUT2D eigenvalue weighted by molar-refractivity contribution is -0.384. The topological polar surface area (TPSA) is 179 Å². The number of non-ortho nitro benzene ring substituents is 1. The molecular formula is C18H18N6O6S2. The molecule has 0 atom stereocenters. The van der Waals surface area contributed by atoms with Crippen LogP contribution in [0.25, 0.3) is 11.0 Å². The van der Waals surface area contributed by atoms with E-state index in [1.165, 1.54) is 36.4 Å². The molecule has 0 fully saturated rings. The van der Waals surface area contributed by atoms with Gasteiger partial charge in [0.1, 0.15) is 0 Å². The number of hydrazine groups is 1. The van der Waals surface area contributed by atoms with Crippen molar-refractivity contribution in [1.82, 2.24) is 20.4 Å². The Kier molecular flexibility index (Phi) is 6.76. The van der Waals surface area contributed by atoms with Gasteiger partial charge in [0.15, 0.2) is 5.16 Å². The number of sulfonamides is 1. The Hall–Kier alpha value is -3.49. The lowest BCUT2D eigenvalue weighted by Crippen LogP contribution is -2.42. The Bertz CT molecular complexity index is 1300. The van der Waals surface area contributed by atoms with Gasteiger partial charge in [0, 0.05) is 24.2 Å². The highest BCUT2D eigenvalue weighted by atomic mass is 32.2. The third kappa shape index (κ3) is 5.22. The Morgan fingerprint density at radius 1 is 1.19 bits per heavy atom. The van der Waals surface area contributed by atoms with Crippen LogP contribution in [0.3, 0.4) is 0 Å². The third-order valence-electron chi connectivity index (χ3n) is 4.32. The molecule has 3 aromatic rings. The van der Waals surface area contributed by atoms with E-state index >= 15 is 0 Å². The molecule has 1 heterocycles. The van der Waals surface area contributed by atoms with Gasteiger partial charge in [0.2, 0.25) is 15.9 Å². The van der Waals surface area contributed by atoms with E-state index in [0.29, 0.717) is 22.7 Å². The summed E-state index contributed by atoms with van der Waals surface area (Å²) in [4.78, 5) is 38.6. The molecule has 2 amide bonds. The van der Waals surface area contributed by atoms with E-state index in [1.807, 2.05) is 11.5 Å². The van der Waals surface area contributed by atoms with Gasteiger partial charge in [-0.05, 0) is 37.3 Å². The normalized spacial score (nSPS) is 11.3. The molecule has 0 aliphatic rings. The lowest BCUT2D eigenvalue weighted by atomic mass is 10.2. The number of benzene rings is 2. The van der Waals surface area contributed by atoms with Gasteiger partial charge in [-0.1, -0.05) is 11.8 Å². The Morgan fingerprint density at radius 2 is 1.88 bits per heavy atom. The standard InChI is InChI=1S/C18H18N6O6S2/c1-2-23-15-8-7-13(32(19,29)30)9-14(15)20-18(23)31-10-16(25)21-22-17(26)11-3-5-12(6-4-11)24(27)28/h3-9H,2,10H2,1H3,(H,21,25)(H,22,26)(H2,19,29,30). The maximum Gasteiger partial charge on any atom is 0.269 e. The summed E-state index contributed by atoms with van der Waals surface area (Å²) in [5, 5.41) is 16.3. The molecule has 0 spiro atoms. The van der Waals surface area contributed by atoms with Crippen molar-refractivity contribution in [3.05, 3.63) is 58.1 Å². The summed E-state index contributed by atoms with van der Waals surface area (Å²) in [5.41, 5.74) is 5.59. The number of nitrogens with two attached hydrogens (primary N) is 1. The first kappa shape index (κ1) is 23.2. The molecule has 3 rings (SSSR count). The quantitative estimate of drug-likeness (QED) is 0.257. The summed E-state index contributed by atoms with van der Waals surface area (Å²) in [7, 11) is -3.87. The molecule has 0 radical (unpaired) electrons. The summed E-state index contributed by atoms with van der Waals surface area (Å²) in [6.45, 7) is 2.41. The summed E-state index contributed by atoms with van der Waals surface area (Å²) < 4.78 is 24.9. The second-order valence-electron chi connectivity index (χ2n) is 6.43. The SMILES string of the molecule is CCn1c(SCC(=O)NNC(=O)c2ccc([N+](=O)[O-])cc2)nc2cc(S(N)(=O)=O)ccc21. The Balaban J connectivity index is 1.62. The van der Waals surface area contributed by atoms with Gasteiger partial charge in [-0.3, -0.25) is 30.6 Å². The molecule has 0 bridgehead atoms. The minimum atomic E-state index is -3.87. The maximum absolute atomic E-state index is 12.1. The number of nitrogens with zero attached hydrogens (tertiary/aromatic N) is 3. The van der Waals surface area contributed by atoms with Crippen LogP contribution < -0.4 is 16.0 Å². The van der Waals surface area contributed by atoms with E-state index in [1.54, 1.807) is 6.07 Å². The molecule has 1 aromatic heterocycles. The zero-order valence-corrected chi connectivity index (χ0v) is 18.3. The predicted octanol–water partition coefficient (Wildman–Crippen LogP) is 1.17. The van der Waals surface area contributed by atoms with Gasteiger partial charge < -0.3 is 4.57 Å². The van der Waals surface area contributed by atoms with Gasteiger partial charge in [-0.2, -0.15) is 0 Å². The van der Waals surface area contributed by atoms with Gasteiger partial charge >= 0.3 is 0 Å². The van der Waals surface area contributed by atoms with Crippen LogP contribution in [-0.4, -0.2) is 40.5 Å². The minimum Gasteiger partial charge on any atom is -0.319 e. The number of fused-ring (bicyclic) bond motifs is 1. The van der Waals surface area contributed by atoms with Gasteiger partial charge in [-0.15, -0.1) is 0 Å². The molecule has 14 heteroatoms. The van der Waals surface area contributed by atoms with Crippen LogP contribution >= 0.6 is 11.8 Å². The molecule has 32 heavy (non-hydrogen) atoms. The zero-order valence-electron chi connectivity index (χ0n) is 16.6. The lowest BCUT2D eigenvalue weighted by Gasteiger charge is -2.08. The van der Waals surface area contributed by atoms with Crippen LogP contribution in [0.15, 0.2) is 52.5 Å². The number of thioether (sulfide) groups is 1. The van der Waals surface area contributed by atoms with E-state index < -0.39 is 26.8 Å². The number of aryl methyl sites for hydroxylation is 1. The molecule has 12 nitrogen and oxygen atoms in total. The van der Waals surface area contributed by atoms with Crippen molar-refractivity contribution >= 4 is 50.3 Å². The van der Waals surface area contributed by atoms with E-state index in [4.69, 9.17) is 5.14 Å². The van der Waals surface area contributed by atoms with Crippen molar-refractivity contribution in [3.63, 3.8) is 0 Å². The van der Waals surface area contributed by atoms with Crippen LogP contribution in [0.2, 0.25) is 0 Å². The van der Waals surface area contributed by atoms with E-state index in [-0.39, 0.29) is 21.9 Å². The maximum atomic E-state index is 12.1. The van der Waals surface area contributed by atoms with Gasteiger partial charge in [0.05, 0.1) is 26.6 Å². The largest absolute Gasteiger partial charge is 0.319 e. The smallest absolute Gasteiger partial charge is 0.269 e. The number of carbonyl (C=O) groups is 2. The van der Waals surface area contributed by atoms with E-state index in [9.17, 15) is 28.1 Å². The second-order valence-corrected chi connectivity index (χ2v) is 8.93. The molecule has 0 unspecified atom stereocenters. The molecule has 2 aromatic carbocycles. The van der Waals surface area contributed by atoms with Gasteiger partial charge in [-0.25, -0.2) is 18.5 Å². The number of hydrogen-bond donors (Lipinski definition) is 3. The van der Waals surface area contributed by atoms with E-state index in [2.05, 4.69) is 15.8 Å². The van der Waals surface area contributed by atoms with Crippen LogP contribution in [0.1, 0.15) is 17.3 Å². The van der Waals surface area contributed by atoms with Crippen LogP contribution in [0, 0.1) is 10.1 Å².